The summed E-state index contributed by atoms with van der Waals surface area (Å²) in [6.45, 7) is 7.70. The van der Waals surface area contributed by atoms with Crippen molar-refractivity contribution in [2.45, 2.75) is 31.7 Å². The summed E-state index contributed by atoms with van der Waals surface area (Å²) in [5.41, 5.74) is 2.91. The first-order valence-electron chi connectivity index (χ1n) is 11.6. The van der Waals surface area contributed by atoms with Crippen molar-refractivity contribution < 1.29 is 9.13 Å². The summed E-state index contributed by atoms with van der Waals surface area (Å²) >= 11 is 0. The van der Waals surface area contributed by atoms with Gasteiger partial charge in [-0.1, -0.05) is 19.1 Å². The summed E-state index contributed by atoms with van der Waals surface area (Å²) in [4.78, 5) is 23.2. The van der Waals surface area contributed by atoms with Gasteiger partial charge in [-0.3, -0.25) is 14.9 Å². The van der Waals surface area contributed by atoms with Gasteiger partial charge in [-0.25, -0.2) is 14.4 Å². The largest absolute Gasteiger partial charge is 0.379 e. The third-order valence-electron chi connectivity index (χ3n) is 6.47. The van der Waals surface area contributed by atoms with E-state index >= 15 is 0 Å². The lowest BCUT2D eigenvalue weighted by Crippen LogP contribution is -2.61. The first-order valence-corrected chi connectivity index (χ1v) is 11.6. The fraction of sp³-hybridized carbons (Fsp3) is 0.440. The van der Waals surface area contributed by atoms with Gasteiger partial charge in [-0.05, 0) is 23.6 Å². The van der Waals surface area contributed by atoms with Gasteiger partial charge >= 0.3 is 0 Å². The van der Waals surface area contributed by atoms with Gasteiger partial charge in [0, 0.05) is 69.7 Å². The van der Waals surface area contributed by atoms with Gasteiger partial charge in [-0.15, -0.1) is 0 Å². The molecule has 2 fully saturated rings. The Kier molecular flexibility index (Phi) is 6.55. The molecule has 1 aromatic carbocycles. The van der Waals surface area contributed by atoms with E-state index in [9.17, 15) is 4.39 Å². The molecule has 1 atom stereocenters. The minimum Gasteiger partial charge on any atom is -0.379 e. The van der Waals surface area contributed by atoms with Crippen molar-refractivity contribution in [2.24, 2.45) is 0 Å². The van der Waals surface area contributed by atoms with Crippen LogP contribution in [0.2, 0.25) is 0 Å². The van der Waals surface area contributed by atoms with Gasteiger partial charge < -0.3 is 9.64 Å². The molecule has 0 unspecified atom stereocenters. The van der Waals surface area contributed by atoms with Gasteiger partial charge in [0.1, 0.15) is 17.5 Å². The normalized spacial score (nSPS) is 18.2. The molecule has 0 aliphatic carbocycles. The number of rotatable bonds is 7. The van der Waals surface area contributed by atoms with E-state index in [1.807, 2.05) is 12.1 Å². The Morgan fingerprint density at radius 2 is 1.85 bits per heavy atom. The molecule has 2 aromatic heterocycles. The Labute approximate surface area is 193 Å². The van der Waals surface area contributed by atoms with E-state index in [4.69, 9.17) is 14.7 Å². The van der Waals surface area contributed by atoms with E-state index in [-0.39, 0.29) is 11.7 Å². The van der Waals surface area contributed by atoms with E-state index in [2.05, 4.69) is 32.8 Å². The molecule has 0 bridgehead atoms. The molecule has 0 saturated carbocycles. The van der Waals surface area contributed by atoms with E-state index < -0.39 is 0 Å². The highest BCUT2D eigenvalue weighted by Crippen LogP contribution is 2.26. The van der Waals surface area contributed by atoms with Gasteiger partial charge in [0.2, 0.25) is 0 Å². The van der Waals surface area contributed by atoms with E-state index in [0.29, 0.717) is 18.9 Å². The van der Waals surface area contributed by atoms with Crippen LogP contribution in [0.5, 0.6) is 0 Å². The molecule has 172 valence electrons. The van der Waals surface area contributed by atoms with Crippen LogP contribution < -0.4 is 4.90 Å². The summed E-state index contributed by atoms with van der Waals surface area (Å²) in [5.74, 6) is 1.73. The maximum Gasteiger partial charge on any atom is 0.132 e. The smallest absolute Gasteiger partial charge is 0.132 e. The Bertz CT molecular complexity index is 1050. The van der Waals surface area contributed by atoms with Crippen LogP contribution in [-0.2, 0) is 17.6 Å². The molecule has 33 heavy (non-hydrogen) atoms. The van der Waals surface area contributed by atoms with Gasteiger partial charge in [-0.2, -0.15) is 0 Å². The van der Waals surface area contributed by atoms with Crippen molar-refractivity contribution in [1.29, 1.82) is 0 Å². The molecule has 2 saturated heterocycles. The van der Waals surface area contributed by atoms with Crippen molar-refractivity contribution >= 4 is 5.82 Å². The summed E-state index contributed by atoms with van der Waals surface area (Å²) < 4.78 is 18.8. The second kappa shape index (κ2) is 9.89. The third kappa shape index (κ3) is 5.34. The quantitative estimate of drug-likeness (QED) is 0.551. The van der Waals surface area contributed by atoms with Crippen LogP contribution in [0, 0.1) is 5.82 Å². The molecule has 0 radical (unpaired) electrons. The lowest BCUT2D eigenvalue weighted by molar-refractivity contribution is 0.0104. The maximum atomic E-state index is 13.3. The van der Waals surface area contributed by atoms with E-state index in [1.54, 1.807) is 18.6 Å². The zero-order chi connectivity index (χ0) is 22.6. The zero-order valence-corrected chi connectivity index (χ0v) is 18.9. The Balaban J connectivity index is 1.34. The van der Waals surface area contributed by atoms with Crippen molar-refractivity contribution in [3.8, 4) is 0 Å². The summed E-state index contributed by atoms with van der Waals surface area (Å²) in [6.07, 6.45) is 6.46. The predicted molar refractivity (Wildman–Crippen MR) is 124 cm³/mol. The minimum atomic E-state index is -0.219. The van der Waals surface area contributed by atoms with Crippen molar-refractivity contribution in [3.63, 3.8) is 0 Å². The monoisotopic (exact) mass is 448 g/mol. The second-order valence-corrected chi connectivity index (χ2v) is 8.87. The van der Waals surface area contributed by atoms with Crippen molar-refractivity contribution in [1.82, 2.24) is 24.8 Å². The molecule has 0 spiro atoms. The number of anilines is 1. The van der Waals surface area contributed by atoms with Crippen LogP contribution in [0.3, 0.4) is 0 Å². The summed E-state index contributed by atoms with van der Waals surface area (Å²) in [7, 11) is 0. The molecule has 4 heterocycles. The Morgan fingerprint density at radius 3 is 2.58 bits per heavy atom. The average molecular weight is 449 g/mol. The fourth-order valence-electron chi connectivity index (χ4n) is 4.49. The van der Waals surface area contributed by atoms with Crippen LogP contribution in [0.1, 0.15) is 35.6 Å². The highest BCUT2D eigenvalue weighted by atomic mass is 19.1. The topological polar surface area (TPSA) is 67.3 Å². The van der Waals surface area contributed by atoms with Crippen molar-refractivity contribution in [2.75, 3.05) is 44.3 Å². The minimum absolute atomic E-state index is 0.183. The number of nitrogens with zero attached hydrogens (tertiary/aromatic N) is 6. The van der Waals surface area contributed by atoms with Crippen molar-refractivity contribution in [3.05, 3.63) is 77.5 Å². The number of aromatic nitrogens is 4. The first-order chi connectivity index (χ1) is 16.1. The Morgan fingerprint density at radius 1 is 1.06 bits per heavy atom. The van der Waals surface area contributed by atoms with Gasteiger partial charge in [0.05, 0.1) is 24.6 Å². The summed E-state index contributed by atoms with van der Waals surface area (Å²) in [6, 6.07) is 9.33. The molecule has 0 amide bonds. The van der Waals surface area contributed by atoms with Gasteiger partial charge in [0.15, 0.2) is 0 Å². The zero-order valence-electron chi connectivity index (χ0n) is 18.9. The Hall–Kier alpha value is -2.97. The number of halogens is 1. The molecule has 3 aromatic rings. The molecular formula is C25H29FN6O. The second-order valence-electron chi connectivity index (χ2n) is 8.87. The first kappa shape index (κ1) is 21.9. The highest BCUT2D eigenvalue weighted by Gasteiger charge is 2.33. The maximum absolute atomic E-state index is 13.3. The number of benzene rings is 1. The standard InChI is InChI=1S/C25H29FN6O/c1-18(19-2-4-20(26)5-3-19)12-24-29-21(13-22-15-27-6-7-28-22)14-25(30-24)32-16-23(17-32)31-8-10-33-11-9-31/h2-7,14-15,18,23H,8-13,16-17H2,1H3/t18-/m1/s1. The van der Waals surface area contributed by atoms with E-state index in [0.717, 1.165) is 68.0 Å². The molecule has 0 N–H and O–H groups in total. The molecular weight excluding hydrogens is 419 g/mol. The number of morpholine rings is 1. The van der Waals surface area contributed by atoms with Gasteiger partial charge in [0.25, 0.3) is 0 Å². The lowest BCUT2D eigenvalue weighted by atomic mass is 9.97. The van der Waals surface area contributed by atoms with E-state index in [1.165, 1.54) is 12.1 Å². The van der Waals surface area contributed by atoms with Crippen LogP contribution >= 0.6 is 0 Å². The molecule has 7 nitrogen and oxygen atoms in total. The number of ether oxygens (including phenoxy) is 1. The fourth-order valence-corrected chi connectivity index (χ4v) is 4.49. The molecule has 2 aliphatic rings. The molecule has 2 aliphatic heterocycles. The van der Waals surface area contributed by atoms with Crippen LogP contribution in [0.15, 0.2) is 48.9 Å². The predicted octanol–water partition coefficient (Wildman–Crippen LogP) is 2.86. The van der Waals surface area contributed by atoms with Crippen LogP contribution in [0.4, 0.5) is 10.2 Å². The number of hydrogen-bond donors (Lipinski definition) is 0. The molecule has 8 heteroatoms. The highest BCUT2D eigenvalue weighted by molar-refractivity contribution is 5.44. The molecule has 5 rings (SSSR count). The summed E-state index contributed by atoms with van der Waals surface area (Å²) in [5, 5.41) is 0. The number of hydrogen-bond acceptors (Lipinski definition) is 7. The SMILES string of the molecule is C[C@H](Cc1nc(Cc2cnccn2)cc(N2CC(N3CCOCC3)C2)n1)c1ccc(F)cc1. The lowest BCUT2D eigenvalue weighted by Gasteiger charge is -2.47. The average Bonchev–Trinajstić information content (AvgIpc) is 2.80. The van der Waals surface area contributed by atoms with Crippen LogP contribution in [0.25, 0.3) is 0 Å². The third-order valence-corrected chi connectivity index (χ3v) is 6.47. The van der Waals surface area contributed by atoms with Crippen LogP contribution in [-0.4, -0.2) is 70.3 Å².